The highest BCUT2D eigenvalue weighted by atomic mass is 16.3. The molecule has 3 atom stereocenters. The first-order chi connectivity index (χ1) is 9.11. The molecule has 3 heteroatoms. The normalized spacial score (nSPS) is 23.6. The minimum absolute atomic E-state index is 0.247. The van der Waals surface area contributed by atoms with Crippen LogP contribution < -0.4 is 10.2 Å². The van der Waals surface area contributed by atoms with Crippen LogP contribution >= 0.6 is 0 Å². The SMILES string of the molecule is CC(N[C@@H]1C=C[C@H](CO)C1)c1ccccc1N(C)C. The standard InChI is InChI=1S/C16H24N2O/c1-12(17-14-9-8-13(10-14)11-19)15-6-4-5-7-16(15)18(2)3/h4-9,12-14,17,19H,10-11H2,1-3H3/t12?,13-,14+/m0/s1. The Bertz CT molecular complexity index is 442. The number of rotatable bonds is 5. The van der Waals surface area contributed by atoms with E-state index in [2.05, 4.69) is 67.7 Å². The van der Waals surface area contributed by atoms with Crippen LogP contribution in [0, 0.1) is 5.92 Å². The first-order valence-electron chi connectivity index (χ1n) is 6.93. The molecule has 0 amide bonds. The van der Waals surface area contributed by atoms with Crippen LogP contribution in [0.2, 0.25) is 0 Å². The van der Waals surface area contributed by atoms with E-state index in [0.29, 0.717) is 18.0 Å². The largest absolute Gasteiger partial charge is 0.396 e. The molecule has 1 aromatic rings. The maximum atomic E-state index is 9.17. The first kappa shape index (κ1) is 14.1. The molecule has 0 spiro atoms. The van der Waals surface area contributed by atoms with Gasteiger partial charge in [0.25, 0.3) is 0 Å². The van der Waals surface area contributed by atoms with E-state index in [0.717, 1.165) is 6.42 Å². The van der Waals surface area contributed by atoms with E-state index in [9.17, 15) is 0 Å². The summed E-state index contributed by atoms with van der Waals surface area (Å²) in [4.78, 5) is 2.15. The summed E-state index contributed by atoms with van der Waals surface area (Å²) in [5.74, 6) is 0.314. The van der Waals surface area contributed by atoms with Crippen molar-refractivity contribution in [2.45, 2.75) is 25.4 Å². The number of benzene rings is 1. The lowest BCUT2D eigenvalue weighted by molar-refractivity contribution is 0.245. The second kappa shape index (κ2) is 6.22. The topological polar surface area (TPSA) is 35.5 Å². The summed E-state index contributed by atoms with van der Waals surface area (Å²) in [6, 6.07) is 9.14. The highest BCUT2D eigenvalue weighted by Crippen LogP contribution is 2.27. The van der Waals surface area contributed by atoms with Crippen LogP contribution in [-0.2, 0) is 0 Å². The smallest absolute Gasteiger partial charge is 0.0494 e. The molecule has 0 aromatic heterocycles. The molecule has 19 heavy (non-hydrogen) atoms. The van der Waals surface area contributed by atoms with Crippen LogP contribution in [0.1, 0.15) is 24.9 Å². The van der Waals surface area contributed by atoms with Crippen LogP contribution in [0.15, 0.2) is 36.4 Å². The molecule has 0 heterocycles. The zero-order chi connectivity index (χ0) is 13.8. The summed E-state index contributed by atoms with van der Waals surface area (Å²) in [5, 5.41) is 12.8. The van der Waals surface area contributed by atoms with Gasteiger partial charge >= 0.3 is 0 Å². The maximum absolute atomic E-state index is 9.17. The van der Waals surface area contributed by atoms with Crippen molar-refractivity contribution in [1.82, 2.24) is 5.32 Å². The van der Waals surface area contributed by atoms with E-state index < -0.39 is 0 Å². The lowest BCUT2D eigenvalue weighted by atomic mass is 10.0. The molecule has 104 valence electrons. The fourth-order valence-electron chi connectivity index (χ4n) is 2.71. The van der Waals surface area contributed by atoms with E-state index in [1.165, 1.54) is 11.3 Å². The van der Waals surface area contributed by atoms with Gasteiger partial charge in [-0.25, -0.2) is 0 Å². The number of nitrogens with zero attached hydrogens (tertiary/aromatic N) is 1. The minimum Gasteiger partial charge on any atom is -0.396 e. The van der Waals surface area contributed by atoms with Crippen molar-refractivity contribution in [2.24, 2.45) is 5.92 Å². The predicted molar refractivity (Wildman–Crippen MR) is 80.4 cm³/mol. The Labute approximate surface area is 115 Å². The van der Waals surface area contributed by atoms with Crippen LogP contribution in [0.4, 0.5) is 5.69 Å². The zero-order valence-electron chi connectivity index (χ0n) is 12.0. The van der Waals surface area contributed by atoms with Crippen molar-refractivity contribution >= 4 is 5.69 Å². The molecule has 3 nitrogen and oxygen atoms in total. The molecular formula is C16H24N2O. The molecule has 0 saturated heterocycles. The summed E-state index contributed by atoms with van der Waals surface area (Å²) in [7, 11) is 4.14. The number of hydrogen-bond acceptors (Lipinski definition) is 3. The molecule has 0 radical (unpaired) electrons. The monoisotopic (exact) mass is 260 g/mol. The maximum Gasteiger partial charge on any atom is 0.0494 e. The number of anilines is 1. The number of aliphatic hydroxyl groups excluding tert-OH is 1. The molecule has 0 aliphatic heterocycles. The van der Waals surface area contributed by atoms with Crippen LogP contribution in [0.3, 0.4) is 0 Å². The molecule has 1 aromatic carbocycles. The van der Waals surface area contributed by atoms with E-state index in [1.54, 1.807) is 0 Å². The van der Waals surface area contributed by atoms with Crippen LogP contribution in [-0.4, -0.2) is 31.9 Å². The molecule has 1 aliphatic rings. The highest BCUT2D eigenvalue weighted by Gasteiger charge is 2.21. The lowest BCUT2D eigenvalue weighted by Crippen LogP contribution is -2.30. The highest BCUT2D eigenvalue weighted by molar-refractivity contribution is 5.53. The van der Waals surface area contributed by atoms with Gasteiger partial charge in [0, 0.05) is 44.4 Å². The van der Waals surface area contributed by atoms with E-state index in [4.69, 9.17) is 5.11 Å². The number of aliphatic hydroxyl groups is 1. The number of hydrogen-bond donors (Lipinski definition) is 2. The molecule has 0 fully saturated rings. The molecule has 0 saturated carbocycles. The Morgan fingerprint density at radius 2 is 2.05 bits per heavy atom. The van der Waals surface area contributed by atoms with Gasteiger partial charge in [0.2, 0.25) is 0 Å². The molecule has 1 unspecified atom stereocenters. The Morgan fingerprint density at radius 3 is 2.68 bits per heavy atom. The lowest BCUT2D eigenvalue weighted by Gasteiger charge is -2.24. The second-order valence-corrected chi connectivity index (χ2v) is 5.51. The fourth-order valence-corrected chi connectivity index (χ4v) is 2.71. The average Bonchev–Trinajstić information content (AvgIpc) is 2.86. The van der Waals surface area contributed by atoms with Crippen molar-refractivity contribution < 1.29 is 5.11 Å². The van der Waals surface area contributed by atoms with Gasteiger partial charge in [0.15, 0.2) is 0 Å². The van der Waals surface area contributed by atoms with Crippen LogP contribution in [0.5, 0.6) is 0 Å². The van der Waals surface area contributed by atoms with Gasteiger partial charge < -0.3 is 15.3 Å². The Kier molecular flexibility index (Phi) is 4.61. The minimum atomic E-state index is 0.247. The van der Waals surface area contributed by atoms with Crippen molar-refractivity contribution in [3.05, 3.63) is 42.0 Å². The molecule has 2 rings (SSSR count). The van der Waals surface area contributed by atoms with Gasteiger partial charge in [0.1, 0.15) is 0 Å². The number of nitrogens with one attached hydrogen (secondary N) is 1. The van der Waals surface area contributed by atoms with E-state index >= 15 is 0 Å². The third-order valence-corrected chi connectivity index (χ3v) is 3.76. The average molecular weight is 260 g/mol. The third-order valence-electron chi connectivity index (χ3n) is 3.76. The van der Waals surface area contributed by atoms with Gasteiger partial charge in [-0.15, -0.1) is 0 Å². The third kappa shape index (κ3) is 3.37. The Hall–Kier alpha value is -1.32. The summed E-state index contributed by atoms with van der Waals surface area (Å²) < 4.78 is 0. The Morgan fingerprint density at radius 1 is 1.32 bits per heavy atom. The fraction of sp³-hybridized carbons (Fsp3) is 0.500. The summed E-state index contributed by atoms with van der Waals surface area (Å²) in [6.07, 6.45) is 5.28. The quantitative estimate of drug-likeness (QED) is 0.798. The molecular weight excluding hydrogens is 236 g/mol. The first-order valence-corrected chi connectivity index (χ1v) is 6.93. The van der Waals surface area contributed by atoms with E-state index in [1.807, 2.05) is 0 Å². The molecule has 0 bridgehead atoms. The van der Waals surface area contributed by atoms with Gasteiger partial charge in [-0.2, -0.15) is 0 Å². The van der Waals surface area contributed by atoms with Crippen molar-refractivity contribution in [3.63, 3.8) is 0 Å². The predicted octanol–water partition coefficient (Wildman–Crippen LogP) is 2.34. The van der Waals surface area contributed by atoms with Gasteiger partial charge in [-0.1, -0.05) is 30.4 Å². The Balaban J connectivity index is 2.04. The molecule has 2 N–H and O–H groups in total. The van der Waals surface area contributed by atoms with Crippen molar-refractivity contribution in [1.29, 1.82) is 0 Å². The van der Waals surface area contributed by atoms with Gasteiger partial charge in [-0.3, -0.25) is 0 Å². The zero-order valence-corrected chi connectivity index (χ0v) is 12.0. The summed E-state index contributed by atoms with van der Waals surface area (Å²) in [5.41, 5.74) is 2.57. The number of para-hydroxylation sites is 1. The molecule has 1 aliphatic carbocycles. The summed E-state index contributed by atoms with van der Waals surface area (Å²) >= 11 is 0. The van der Waals surface area contributed by atoms with Gasteiger partial charge in [-0.05, 0) is 25.0 Å². The second-order valence-electron chi connectivity index (χ2n) is 5.51. The van der Waals surface area contributed by atoms with E-state index in [-0.39, 0.29) is 6.61 Å². The van der Waals surface area contributed by atoms with Gasteiger partial charge in [0.05, 0.1) is 0 Å². The van der Waals surface area contributed by atoms with Crippen molar-refractivity contribution in [2.75, 3.05) is 25.6 Å². The summed E-state index contributed by atoms with van der Waals surface area (Å²) in [6.45, 7) is 2.44. The van der Waals surface area contributed by atoms with Crippen LogP contribution in [0.25, 0.3) is 0 Å². The van der Waals surface area contributed by atoms with Crippen molar-refractivity contribution in [3.8, 4) is 0 Å².